The minimum atomic E-state index is -0.319. The average Bonchev–Trinajstić information content (AvgIpc) is 2.98. The van der Waals surface area contributed by atoms with E-state index in [0.29, 0.717) is 11.1 Å². The van der Waals surface area contributed by atoms with E-state index in [-0.39, 0.29) is 11.8 Å². The predicted octanol–water partition coefficient (Wildman–Crippen LogP) is 1.29. The van der Waals surface area contributed by atoms with E-state index in [1.54, 1.807) is 42.7 Å². The second kappa shape index (κ2) is 4.19. The third-order valence-corrected chi connectivity index (χ3v) is 3.27. The van der Waals surface area contributed by atoms with Crippen molar-refractivity contribution in [2.24, 2.45) is 0 Å². The van der Waals surface area contributed by atoms with E-state index in [1.165, 1.54) is 4.79 Å². The van der Waals surface area contributed by atoms with E-state index in [4.69, 9.17) is 0 Å². The van der Waals surface area contributed by atoms with Gasteiger partial charge >= 0.3 is 0 Å². The molecule has 0 radical (unpaired) electrons. The molecule has 1 aliphatic heterocycles. The molecule has 2 aromatic rings. The Morgan fingerprint density at radius 1 is 1.06 bits per heavy atom. The van der Waals surface area contributed by atoms with Crippen LogP contribution in [0.1, 0.15) is 20.7 Å². The van der Waals surface area contributed by atoms with Crippen molar-refractivity contribution in [1.82, 2.24) is 14.2 Å². The molecule has 0 spiro atoms. The molecule has 1 N–H and O–H groups in total. The zero-order valence-electron chi connectivity index (χ0n) is 9.11. The average molecular weight is 260 g/mol. The van der Waals surface area contributed by atoms with Gasteiger partial charge in [-0.05, 0) is 18.2 Å². The van der Waals surface area contributed by atoms with Gasteiger partial charge in [0.05, 0.1) is 29.5 Å². The molecule has 7 heteroatoms. The number of amides is 2. The maximum atomic E-state index is 12.0. The van der Waals surface area contributed by atoms with Crippen molar-refractivity contribution in [2.75, 3.05) is 4.83 Å². The zero-order valence-corrected chi connectivity index (χ0v) is 9.92. The molecule has 6 nitrogen and oxygen atoms in total. The first kappa shape index (κ1) is 10.8. The Hall–Kier alpha value is -2.28. The molecule has 2 heterocycles. The Kier molecular flexibility index (Phi) is 2.52. The summed E-state index contributed by atoms with van der Waals surface area (Å²) in [5, 5.41) is 3.91. The number of imide groups is 1. The smallest absolute Gasteiger partial charge is 0.268 e. The number of carbonyl (C=O) groups is 2. The second-order valence-corrected chi connectivity index (χ2v) is 4.31. The van der Waals surface area contributed by atoms with Crippen LogP contribution < -0.4 is 4.83 Å². The third-order valence-electron chi connectivity index (χ3n) is 2.49. The summed E-state index contributed by atoms with van der Waals surface area (Å²) in [6.45, 7) is 0. The monoisotopic (exact) mass is 260 g/mol. The first-order valence-corrected chi connectivity index (χ1v) is 5.95. The predicted molar refractivity (Wildman–Crippen MR) is 66.1 cm³/mol. The van der Waals surface area contributed by atoms with Gasteiger partial charge in [-0.15, -0.1) is 0 Å². The number of nitrogens with zero attached hydrogens (tertiary/aromatic N) is 3. The van der Waals surface area contributed by atoms with Gasteiger partial charge in [-0.25, -0.2) is 4.83 Å². The fourth-order valence-corrected chi connectivity index (χ4v) is 2.29. The van der Waals surface area contributed by atoms with Crippen LogP contribution >= 0.6 is 12.1 Å². The van der Waals surface area contributed by atoms with Gasteiger partial charge in [0.2, 0.25) is 0 Å². The van der Waals surface area contributed by atoms with Crippen LogP contribution in [-0.2, 0) is 0 Å². The molecular weight excluding hydrogens is 252 g/mol. The van der Waals surface area contributed by atoms with Crippen molar-refractivity contribution < 1.29 is 9.59 Å². The van der Waals surface area contributed by atoms with Crippen molar-refractivity contribution in [3.63, 3.8) is 0 Å². The highest BCUT2D eigenvalue weighted by Gasteiger charge is 2.36. The van der Waals surface area contributed by atoms with Crippen molar-refractivity contribution >= 4 is 23.9 Å². The zero-order chi connectivity index (χ0) is 12.5. The van der Waals surface area contributed by atoms with Crippen LogP contribution in [0, 0.1) is 0 Å². The Bertz CT molecular complexity index is 576. The van der Waals surface area contributed by atoms with E-state index in [0.717, 1.165) is 16.4 Å². The van der Waals surface area contributed by atoms with Gasteiger partial charge in [0, 0.05) is 6.20 Å². The SMILES string of the molecule is O=C1c2ccccc2C(=O)N1SNn1cccn1. The maximum Gasteiger partial charge on any atom is 0.273 e. The molecule has 1 aliphatic rings. The van der Waals surface area contributed by atoms with Crippen LogP contribution in [0.3, 0.4) is 0 Å². The standard InChI is InChI=1S/C11H8N4O2S/c16-10-8-4-1-2-5-9(8)11(17)15(10)18-13-14-7-3-6-12-14/h1-7,13H. The fourth-order valence-electron chi connectivity index (χ4n) is 1.66. The van der Waals surface area contributed by atoms with Gasteiger partial charge < -0.3 is 0 Å². The molecular formula is C11H8N4O2S. The molecule has 1 aromatic carbocycles. The molecule has 0 bridgehead atoms. The van der Waals surface area contributed by atoms with Gasteiger partial charge in [-0.1, -0.05) is 12.1 Å². The van der Waals surface area contributed by atoms with Gasteiger partial charge in [-0.2, -0.15) is 14.2 Å². The molecule has 1 aromatic heterocycles. The number of carbonyl (C=O) groups excluding carboxylic acids is 2. The molecule has 0 unspecified atom stereocenters. The van der Waals surface area contributed by atoms with Crippen LogP contribution in [0.25, 0.3) is 0 Å². The van der Waals surface area contributed by atoms with Crippen LogP contribution in [-0.4, -0.2) is 26.0 Å². The van der Waals surface area contributed by atoms with Crippen LogP contribution in [0.5, 0.6) is 0 Å². The number of aromatic nitrogens is 2. The Morgan fingerprint density at radius 2 is 1.72 bits per heavy atom. The Labute approximate surface area is 107 Å². The molecule has 0 saturated heterocycles. The molecule has 2 amide bonds. The highest BCUT2D eigenvalue weighted by molar-refractivity contribution is 7.99. The third kappa shape index (κ3) is 1.65. The minimum Gasteiger partial charge on any atom is -0.268 e. The molecule has 0 atom stereocenters. The summed E-state index contributed by atoms with van der Waals surface area (Å²) in [7, 11) is 0. The number of hydrogen-bond donors (Lipinski definition) is 1. The first-order chi connectivity index (χ1) is 8.77. The summed E-state index contributed by atoms with van der Waals surface area (Å²) < 4.78 is 1.08. The lowest BCUT2D eigenvalue weighted by atomic mass is 10.1. The highest BCUT2D eigenvalue weighted by atomic mass is 32.2. The lowest BCUT2D eigenvalue weighted by Crippen LogP contribution is -2.26. The van der Waals surface area contributed by atoms with E-state index >= 15 is 0 Å². The maximum absolute atomic E-state index is 12.0. The first-order valence-electron chi connectivity index (χ1n) is 5.18. The summed E-state index contributed by atoms with van der Waals surface area (Å²) in [5.74, 6) is -0.638. The van der Waals surface area contributed by atoms with Gasteiger partial charge in [0.1, 0.15) is 0 Å². The van der Waals surface area contributed by atoms with E-state index in [1.807, 2.05) is 0 Å². The number of hydrogen-bond acceptors (Lipinski definition) is 5. The fraction of sp³-hybridized carbons (Fsp3) is 0. The highest BCUT2D eigenvalue weighted by Crippen LogP contribution is 2.27. The topological polar surface area (TPSA) is 67.2 Å². The Balaban J connectivity index is 1.80. The van der Waals surface area contributed by atoms with Gasteiger partial charge in [0.25, 0.3) is 11.8 Å². The second-order valence-electron chi connectivity index (χ2n) is 3.58. The van der Waals surface area contributed by atoms with Crippen molar-refractivity contribution in [3.05, 3.63) is 53.9 Å². The summed E-state index contributed by atoms with van der Waals surface area (Å²) in [6, 6.07) is 8.49. The molecule has 18 heavy (non-hydrogen) atoms. The van der Waals surface area contributed by atoms with Crippen LogP contribution in [0.2, 0.25) is 0 Å². The molecule has 0 saturated carbocycles. The number of fused-ring (bicyclic) bond motifs is 1. The van der Waals surface area contributed by atoms with Gasteiger partial charge in [0.15, 0.2) is 0 Å². The summed E-state index contributed by atoms with van der Waals surface area (Å²) in [4.78, 5) is 28.1. The summed E-state index contributed by atoms with van der Waals surface area (Å²) in [6.07, 6.45) is 3.26. The van der Waals surface area contributed by atoms with Gasteiger partial charge in [-0.3, -0.25) is 9.59 Å². The largest absolute Gasteiger partial charge is 0.273 e. The normalized spacial score (nSPS) is 13.9. The van der Waals surface area contributed by atoms with Crippen molar-refractivity contribution in [2.45, 2.75) is 0 Å². The number of rotatable bonds is 3. The van der Waals surface area contributed by atoms with E-state index < -0.39 is 0 Å². The summed E-state index contributed by atoms with van der Waals surface area (Å²) >= 11 is 0.899. The van der Waals surface area contributed by atoms with E-state index in [2.05, 4.69) is 9.93 Å². The van der Waals surface area contributed by atoms with Crippen molar-refractivity contribution in [3.8, 4) is 0 Å². The lowest BCUT2D eigenvalue weighted by molar-refractivity contribution is 0.0777. The van der Waals surface area contributed by atoms with E-state index in [9.17, 15) is 9.59 Å². The Morgan fingerprint density at radius 3 is 2.28 bits per heavy atom. The quantitative estimate of drug-likeness (QED) is 0.665. The molecule has 90 valence electrons. The number of nitrogens with one attached hydrogen (secondary N) is 1. The molecule has 0 aliphatic carbocycles. The number of benzene rings is 1. The molecule has 3 rings (SSSR count). The minimum absolute atomic E-state index is 0.319. The lowest BCUT2D eigenvalue weighted by Gasteiger charge is -2.12. The van der Waals surface area contributed by atoms with Crippen LogP contribution in [0.4, 0.5) is 0 Å². The molecule has 0 fully saturated rings. The van der Waals surface area contributed by atoms with Crippen LogP contribution in [0.15, 0.2) is 42.7 Å². The van der Waals surface area contributed by atoms with Crippen molar-refractivity contribution in [1.29, 1.82) is 0 Å². The summed E-state index contributed by atoms with van der Waals surface area (Å²) in [5.41, 5.74) is 0.856.